The molecule has 0 aromatic heterocycles. The number of anilines is 1. The van der Waals surface area contributed by atoms with Crippen LogP contribution < -0.4 is 10.6 Å². The minimum Gasteiger partial charge on any atom is -0.368 e. The fourth-order valence-electron chi connectivity index (χ4n) is 2.38. The first kappa shape index (κ1) is 15.8. The van der Waals surface area contributed by atoms with E-state index < -0.39 is 0 Å². The first-order valence-corrected chi connectivity index (χ1v) is 7.31. The molecule has 2 atom stereocenters. The predicted molar refractivity (Wildman–Crippen MR) is 87.3 cm³/mol. The van der Waals surface area contributed by atoms with Gasteiger partial charge < -0.3 is 10.6 Å². The van der Waals surface area contributed by atoms with Crippen molar-refractivity contribution in [1.82, 2.24) is 0 Å². The highest BCUT2D eigenvalue weighted by molar-refractivity contribution is 6.30. The van der Waals surface area contributed by atoms with E-state index in [-0.39, 0.29) is 17.9 Å². The molecule has 2 rings (SSSR count). The Balaban J connectivity index is 2.35. The molecule has 4 heteroatoms. The van der Waals surface area contributed by atoms with Crippen LogP contribution in [0.1, 0.15) is 37.1 Å². The van der Waals surface area contributed by atoms with E-state index in [0.717, 1.165) is 16.8 Å². The second-order valence-corrected chi connectivity index (χ2v) is 5.77. The van der Waals surface area contributed by atoms with Crippen molar-refractivity contribution in [2.24, 2.45) is 5.73 Å². The van der Waals surface area contributed by atoms with E-state index in [9.17, 15) is 4.39 Å². The van der Waals surface area contributed by atoms with E-state index in [1.807, 2.05) is 38.2 Å². The van der Waals surface area contributed by atoms with Crippen LogP contribution in [0.15, 0.2) is 42.5 Å². The van der Waals surface area contributed by atoms with Gasteiger partial charge in [0.05, 0.1) is 6.04 Å². The van der Waals surface area contributed by atoms with E-state index in [2.05, 4.69) is 11.8 Å². The average molecular weight is 307 g/mol. The van der Waals surface area contributed by atoms with Crippen LogP contribution in [0.2, 0.25) is 5.02 Å². The van der Waals surface area contributed by atoms with Crippen molar-refractivity contribution in [1.29, 1.82) is 0 Å². The second-order valence-electron chi connectivity index (χ2n) is 5.33. The number of hydrogen-bond acceptors (Lipinski definition) is 2. The Morgan fingerprint density at radius 2 is 1.71 bits per heavy atom. The van der Waals surface area contributed by atoms with E-state index in [1.165, 1.54) is 12.1 Å². The molecule has 0 heterocycles. The fraction of sp³-hybridized carbons (Fsp3) is 0.294. The number of rotatable bonds is 4. The molecular formula is C17H20ClFN2. The zero-order valence-electron chi connectivity index (χ0n) is 12.5. The van der Waals surface area contributed by atoms with Gasteiger partial charge in [-0.3, -0.25) is 0 Å². The Kier molecular flexibility index (Phi) is 4.86. The molecule has 2 aromatic rings. The van der Waals surface area contributed by atoms with Gasteiger partial charge in [-0.05, 0) is 55.3 Å². The zero-order valence-corrected chi connectivity index (χ0v) is 13.2. The van der Waals surface area contributed by atoms with E-state index in [0.29, 0.717) is 5.02 Å². The molecule has 0 spiro atoms. The Bertz CT molecular complexity index is 611. The number of halogens is 2. The maximum Gasteiger partial charge on any atom is 0.123 e. The third-order valence-electron chi connectivity index (χ3n) is 3.79. The van der Waals surface area contributed by atoms with Crippen LogP contribution in [0.4, 0.5) is 10.1 Å². The summed E-state index contributed by atoms with van der Waals surface area (Å²) in [6.45, 7) is 3.95. The van der Waals surface area contributed by atoms with Gasteiger partial charge in [0.25, 0.3) is 0 Å². The van der Waals surface area contributed by atoms with Crippen molar-refractivity contribution in [2.45, 2.75) is 25.9 Å². The Morgan fingerprint density at radius 3 is 2.29 bits per heavy atom. The molecule has 0 amide bonds. The minimum absolute atomic E-state index is 0.130. The van der Waals surface area contributed by atoms with Gasteiger partial charge in [-0.1, -0.05) is 23.7 Å². The minimum atomic E-state index is -0.265. The summed E-state index contributed by atoms with van der Waals surface area (Å²) in [6, 6.07) is 12.4. The highest BCUT2D eigenvalue weighted by atomic mass is 35.5. The van der Waals surface area contributed by atoms with Crippen molar-refractivity contribution >= 4 is 17.3 Å². The van der Waals surface area contributed by atoms with Gasteiger partial charge in [-0.15, -0.1) is 0 Å². The van der Waals surface area contributed by atoms with Crippen molar-refractivity contribution in [2.75, 3.05) is 11.9 Å². The van der Waals surface area contributed by atoms with Gasteiger partial charge in [0.2, 0.25) is 0 Å². The summed E-state index contributed by atoms with van der Waals surface area (Å²) in [7, 11) is 1.98. The Labute approximate surface area is 130 Å². The molecule has 0 aliphatic rings. The van der Waals surface area contributed by atoms with Crippen LogP contribution in [-0.2, 0) is 0 Å². The van der Waals surface area contributed by atoms with E-state index in [1.54, 1.807) is 6.07 Å². The Morgan fingerprint density at radius 1 is 1.10 bits per heavy atom. The normalized spacial score (nSPS) is 13.8. The standard InChI is InChI=1S/C17H20ClFN2/c1-11(20)16-10-15(19)8-9-17(16)21(3)12(2)13-4-6-14(18)7-5-13/h4-12H,20H2,1-3H3. The molecule has 0 radical (unpaired) electrons. The third kappa shape index (κ3) is 3.55. The lowest BCUT2D eigenvalue weighted by molar-refractivity contribution is 0.620. The first-order chi connectivity index (χ1) is 9.90. The maximum absolute atomic E-state index is 13.5. The molecule has 2 N–H and O–H groups in total. The third-order valence-corrected chi connectivity index (χ3v) is 4.05. The lowest BCUT2D eigenvalue weighted by atomic mass is 10.0. The average Bonchev–Trinajstić information content (AvgIpc) is 2.46. The molecule has 2 unspecified atom stereocenters. The summed E-state index contributed by atoms with van der Waals surface area (Å²) in [5, 5.41) is 0.714. The molecule has 0 saturated carbocycles. The highest BCUT2D eigenvalue weighted by Crippen LogP contribution is 2.31. The lowest BCUT2D eigenvalue weighted by Gasteiger charge is -2.30. The summed E-state index contributed by atoms with van der Waals surface area (Å²) < 4.78 is 13.5. The Hall–Kier alpha value is -1.58. The van der Waals surface area contributed by atoms with Gasteiger partial charge in [-0.2, -0.15) is 0 Å². The molecule has 112 valence electrons. The molecule has 21 heavy (non-hydrogen) atoms. The number of nitrogens with two attached hydrogens (primary N) is 1. The molecule has 0 aliphatic carbocycles. The van der Waals surface area contributed by atoms with Crippen molar-refractivity contribution < 1.29 is 4.39 Å². The molecule has 0 fully saturated rings. The number of nitrogens with zero attached hydrogens (tertiary/aromatic N) is 1. The van der Waals surface area contributed by atoms with Gasteiger partial charge in [-0.25, -0.2) is 4.39 Å². The molecule has 0 saturated heterocycles. The molecule has 2 aromatic carbocycles. The van der Waals surface area contributed by atoms with E-state index in [4.69, 9.17) is 17.3 Å². The summed E-state index contributed by atoms with van der Waals surface area (Å²) in [4.78, 5) is 2.10. The lowest BCUT2D eigenvalue weighted by Crippen LogP contribution is -2.24. The zero-order chi connectivity index (χ0) is 15.6. The van der Waals surface area contributed by atoms with Crippen LogP contribution in [0.5, 0.6) is 0 Å². The quantitative estimate of drug-likeness (QED) is 0.887. The number of hydrogen-bond donors (Lipinski definition) is 1. The van der Waals surface area contributed by atoms with Gasteiger partial charge >= 0.3 is 0 Å². The van der Waals surface area contributed by atoms with E-state index >= 15 is 0 Å². The summed E-state index contributed by atoms with van der Waals surface area (Å²) >= 11 is 5.93. The largest absolute Gasteiger partial charge is 0.368 e. The van der Waals surface area contributed by atoms with Gasteiger partial charge in [0.1, 0.15) is 5.82 Å². The van der Waals surface area contributed by atoms with Crippen LogP contribution >= 0.6 is 11.6 Å². The van der Waals surface area contributed by atoms with Crippen LogP contribution in [0, 0.1) is 5.82 Å². The monoisotopic (exact) mass is 306 g/mol. The fourth-order valence-corrected chi connectivity index (χ4v) is 2.51. The molecule has 0 bridgehead atoms. The summed E-state index contributed by atoms with van der Waals surface area (Å²) in [5.41, 5.74) is 8.85. The first-order valence-electron chi connectivity index (χ1n) is 6.93. The molecular weight excluding hydrogens is 287 g/mol. The predicted octanol–water partition coefficient (Wildman–Crippen LogP) is 4.70. The molecule has 0 aliphatic heterocycles. The smallest absolute Gasteiger partial charge is 0.123 e. The van der Waals surface area contributed by atoms with Crippen LogP contribution in [0.25, 0.3) is 0 Å². The molecule has 2 nitrogen and oxygen atoms in total. The second kappa shape index (κ2) is 6.46. The van der Waals surface area contributed by atoms with Crippen molar-refractivity contribution in [3.63, 3.8) is 0 Å². The van der Waals surface area contributed by atoms with Crippen LogP contribution in [0.3, 0.4) is 0 Å². The van der Waals surface area contributed by atoms with Crippen LogP contribution in [-0.4, -0.2) is 7.05 Å². The topological polar surface area (TPSA) is 29.3 Å². The number of benzene rings is 2. The maximum atomic E-state index is 13.5. The summed E-state index contributed by atoms with van der Waals surface area (Å²) in [5.74, 6) is -0.265. The van der Waals surface area contributed by atoms with Gasteiger partial charge in [0, 0.05) is 23.8 Å². The summed E-state index contributed by atoms with van der Waals surface area (Å²) in [6.07, 6.45) is 0. The van der Waals surface area contributed by atoms with Gasteiger partial charge in [0.15, 0.2) is 0 Å². The highest BCUT2D eigenvalue weighted by Gasteiger charge is 2.17. The van der Waals surface area contributed by atoms with Crippen molar-refractivity contribution in [3.05, 3.63) is 64.4 Å². The SMILES string of the molecule is CC(N)c1cc(F)ccc1N(C)C(C)c1ccc(Cl)cc1. The van der Waals surface area contributed by atoms with Crippen molar-refractivity contribution in [3.8, 4) is 0 Å².